The van der Waals surface area contributed by atoms with Crippen molar-refractivity contribution in [1.82, 2.24) is 0 Å². The van der Waals surface area contributed by atoms with Gasteiger partial charge in [-0.3, -0.25) is 9.80 Å². The second-order valence-electron chi connectivity index (χ2n) is 6.69. The summed E-state index contributed by atoms with van der Waals surface area (Å²) in [6.07, 6.45) is 0. The highest BCUT2D eigenvalue weighted by molar-refractivity contribution is 7.91. The summed E-state index contributed by atoms with van der Waals surface area (Å²) in [6, 6.07) is 13.7. The van der Waals surface area contributed by atoms with Crippen molar-refractivity contribution >= 4 is 27.2 Å². The zero-order valence-electron chi connectivity index (χ0n) is 14.6. The number of amides is 2. The summed E-state index contributed by atoms with van der Waals surface area (Å²) in [4.78, 5) is 16.6. The largest absolute Gasteiger partial charge is 0.495 e. The van der Waals surface area contributed by atoms with Crippen LogP contribution in [0.25, 0.3) is 0 Å². The molecule has 0 aromatic heterocycles. The van der Waals surface area contributed by atoms with Crippen molar-refractivity contribution in [3.63, 3.8) is 0 Å². The molecule has 0 bridgehead atoms. The summed E-state index contributed by atoms with van der Waals surface area (Å²) < 4.78 is 30.1. The van der Waals surface area contributed by atoms with E-state index in [2.05, 4.69) is 0 Å². The van der Waals surface area contributed by atoms with Crippen molar-refractivity contribution in [1.29, 1.82) is 0 Å². The van der Waals surface area contributed by atoms with Gasteiger partial charge in [0.1, 0.15) is 5.75 Å². The van der Waals surface area contributed by atoms with Crippen molar-refractivity contribution in [2.24, 2.45) is 0 Å². The van der Waals surface area contributed by atoms with Gasteiger partial charge in [0.15, 0.2) is 9.84 Å². The molecule has 0 unspecified atom stereocenters. The molecule has 0 radical (unpaired) electrons. The average molecular weight is 372 g/mol. The number of hydrogen-bond acceptors (Lipinski definition) is 4. The second-order valence-corrected chi connectivity index (χ2v) is 8.85. The van der Waals surface area contributed by atoms with E-state index >= 15 is 0 Å². The van der Waals surface area contributed by atoms with Gasteiger partial charge in [-0.1, -0.05) is 30.3 Å². The number of ether oxygens (including phenoxy) is 1. The van der Waals surface area contributed by atoms with Crippen LogP contribution in [0.15, 0.2) is 48.5 Å². The number of fused-ring (bicyclic) bond motifs is 1. The molecule has 2 aliphatic heterocycles. The summed E-state index contributed by atoms with van der Waals surface area (Å²) in [5, 5.41) is 0. The number of nitrogens with zero attached hydrogens (tertiary/aromatic N) is 2. The number of rotatable bonds is 3. The Labute approximate surface area is 152 Å². The lowest BCUT2D eigenvalue weighted by atomic mass is 10.1. The number of para-hydroxylation sites is 3. The van der Waals surface area contributed by atoms with Gasteiger partial charge in [-0.05, 0) is 30.7 Å². The molecule has 136 valence electrons. The van der Waals surface area contributed by atoms with E-state index in [1.807, 2.05) is 43.3 Å². The molecule has 2 amide bonds. The molecule has 4 rings (SSSR count). The fourth-order valence-corrected chi connectivity index (χ4v) is 5.85. The molecule has 0 N–H and O–H groups in total. The van der Waals surface area contributed by atoms with Crippen molar-refractivity contribution in [2.45, 2.75) is 19.0 Å². The van der Waals surface area contributed by atoms with Crippen LogP contribution in [0.4, 0.5) is 16.2 Å². The molecule has 0 spiro atoms. The summed E-state index contributed by atoms with van der Waals surface area (Å²) in [7, 11) is -1.68. The monoisotopic (exact) mass is 372 g/mol. The number of methoxy groups -OCH3 is 1. The van der Waals surface area contributed by atoms with Gasteiger partial charge in [0.2, 0.25) is 0 Å². The summed E-state index contributed by atoms with van der Waals surface area (Å²) in [6.45, 7) is 1.92. The third kappa shape index (κ3) is 2.54. The van der Waals surface area contributed by atoms with Gasteiger partial charge in [-0.15, -0.1) is 0 Å². The van der Waals surface area contributed by atoms with E-state index in [-0.39, 0.29) is 17.5 Å². The van der Waals surface area contributed by atoms with E-state index in [0.717, 1.165) is 11.3 Å². The van der Waals surface area contributed by atoms with Gasteiger partial charge in [-0.2, -0.15) is 0 Å². The van der Waals surface area contributed by atoms with Crippen LogP contribution in [0.3, 0.4) is 0 Å². The number of carbonyl (C=O) groups is 1. The zero-order chi connectivity index (χ0) is 18.5. The SMILES string of the molecule is COc1ccccc1N1C(=O)N(c2ccccc2C)[C@H]2CS(=O)(=O)C[C@@H]21. The first kappa shape index (κ1) is 16.9. The van der Waals surface area contributed by atoms with Gasteiger partial charge in [0, 0.05) is 5.69 Å². The number of anilines is 2. The van der Waals surface area contributed by atoms with E-state index in [4.69, 9.17) is 4.74 Å². The quantitative estimate of drug-likeness (QED) is 0.777. The van der Waals surface area contributed by atoms with Crippen LogP contribution in [-0.4, -0.2) is 45.1 Å². The van der Waals surface area contributed by atoms with Gasteiger partial charge >= 0.3 is 6.03 Å². The molecule has 2 atom stereocenters. The number of carbonyl (C=O) groups excluding carboxylic acids is 1. The Balaban J connectivity index is 1.86. The van der Waals surface area contributed by atoms with E-state index < -0.39 is 21.9 Å². The molecule has 0 saturated carbocycles. The molecule has 0 aliphatic carbocycles. The van der Waals surface area contributed by atoms with E-state index in [0.29, 0.717) is 11.4 Å². The van der Waals surface area contributed by atoms with Crippen molar-refractivity contribution in [3.05, 3.63) is 54.1 Å². The molecule has 6 nitrogen and oxygen atoms in total. The Hall–Kier alpha value is -2.54. The van der Waals surface area contributed by atoms with E-state index in [1.54, 1.807) is 29.0 Å². The lowest BCUT2D eigenvalue weighted by molar-refractivity contribution is 0.255. The number of benzene rings is 2. The number of hydrogen-bond donors (Lipinski definition) is 0. The van der Waals surface area contributed by atoms with Gasteiger partial charge in [0.05, 0.1) is 36.4 Å². The second kappa shape index (κ2) is 6.02. The van der Waals surface area contributed by atoms with Crippen LogP contribution in [0.5, 0.6) is 5.75 Å². The van der Waals surface area contributed by atoms with Crippen LogP contribution in [-0.2, 0) is 9.84 Å². The molecule has 2 aromatic rings. The van der Waals surface area contributed by atoms with Crippen LogP contribution in [0.2, 0.25) is 0 Å². The van der Waals surface area contributed by atoms with E-state index in [1.165, 1.54) is 0 Å². The highest BCUT2D eigenvalue weighted by Crippen LogP contribution is 2.41. The first-order valence-electron chi connectivity index (χ1n) is 8.44. The van der Waals surface area contributed by atoms with Crippen molar-refractivity contribution in [3.8, 4) is 5.75 Å². The zero-order valence-corrected chi connectivity index (χ0v) is 15.4. The first-order chi connectivity index (χ1) is 12.4. The van der Waals surface area contributed by atoms with Crippen LogP contribution in [0.1, 0.15) is 5.56 Å². The van der Waals surface area contributed by atoms with Crippen LogP contribution < -0.4 is 14.5 Å². The predicted octanol–water partition coefficient (Wildman–Crippen LogP) is 2.62. The number of sulfone groups is 1. The molecular weight excluding hydrogens is 352 g/mol. The third-order valence-corrected chi connectivity index (χ3v) is 6.79. The highest BCUT2D eigenvalue weighted by Gasteiger charge is 2.55. The van der Waals surface area contributed by atoms with Crippen molar-refractivity contribution in [2.75, 3.05) is 28.4 Å². The molecule has 2 fully saturated rings. The minimum absolute atomic E-state index is 0.0244. The fourth-order valence-electron chi connectivity index (χ4n) is 3.93. The maximum atomic E-state index is 13.4. The summed E-state index contributed by atoms with van der Waals surface area (Å²) >= 11 is 0. The van der Waals surface area contributed by atoms with E-state index in [9.17, 15) is 13.2 Å². The Bertz CT molecular complexity index is 973. The minimum atomic E-state index is -3.22. The standard InChI is InChI=1S/C19H20N2O4S/c1-13-7-3-4-8-14(13)20-16-11-26(23,24)12-17(16)21(19(20)22)15-9-5-6-10-18(15)25-2/h3-10,16-17H,11-12H2,1-2H3/t16-,17-/m0/s1. The molecule has 2 aliphatic rings. The lowest BCUT2D eigenvalue weighted by Gasteiger charge is -2.24. The Morgan fingerprint density at radius 2 is 1.46 bits per heavy atom. The maximum Gasteiger partial charge on any atom is 0.329 e. The summed E-state index contributed by atoms with van der Waals surface area (Å²) in [5.41, 5.74) is 2.29. The topological polar surface area (TPSA) is 66.9 Å². The van der Waals surface area contributed by atoms with Gasteiger partial charge in [0.25, 0.3) is 0 Å². The summed E-state index contributed by atoms with van der Waals surface area (Å²) in [5.74, 6) is 0.489. The Morgan fingerprint density at radius 1 is 0.923 bits per heavy atom. The molecule has 2 heterocycles. The molecule has 2 aromatic carbocycles. The Kier molecular flexibility index (Phi) is 3.91. The van der Waals surface area contributed by atoms with Crippen molar-refractivity contribution < 1.29 is 17.9 Å². The molecular formula is C19H20N2O4S. The lowest BCUT2D eigenvalue weighted by Crippen LogP contribution is -2.38. The maximum absolute atomic E-state index is 13.4. The molecule has 7 heteroatoms. The predicted molar refractivity (Wildman–Crippen MR) is 101 cm³/mol. The smallest absolute Gasteiger partial charge is 0.329 e. The molecule has 2 saturated heterocycles. The number of aryl methyl sites for hydroxylation is 1. The average Bonchev–Trinajstić information content (AvgIpc) is 3.04. The fraction of sp³-hybridized carbons (Fsp3) is 0.316. The van der Waals surface area contributed by atoms with Gasteiger partial charge < -0.3 is 4.74 Å². The van der Waals surface area contributed by atoms with Crippen LogP contribution >= 0.6 is 0 Å². The Morgan fingerprint density at radius 3 is 2.08 bits per heavy atom. The minimum Gasteiger partial charge on any atom is -0.495 e. The third-order valence-electron chi connectivity index (χ3n) is 5.09. The van der Waals surface area contributed by atoms with Gasteiger partial charge in [-0.25, -0.2) is 13.2 Å². The number of urea groups is 1. The normalized spacial score (nSPS) is 24.0. The molecule has 26 heavy (non-hydrogen) atoms. The van der Waals surface area contributed by atoms with Crippen LogP contribution in [0, 0.1) is 6.92 Å². The highest BCUT2D eigenvalue weighted by atomic mass is 32.2. The first-order valence-corrected chi connectivity index (χ1v) is 10.3.